The number of carbonyl (C=O) groups excluding carboxylic acids is 1. The Labute approximate surface area is 195 Å². The number of halogens is 1. The predicted molar refractivity (Wildman–Crippen MR) is 127 cm³/mol. The van der Waals surface area contributed by atoms with Gasteiger partial charge >= 0.3 is 0 Å². The number of amides is 1. The minimum absolute atomic E-state index is 0.270. The van der Waals surface area contributed by atoms with Gasteiger partial charge in [-0.05, 0) is 42.7 Å². The Kier molecular flexibility index (Phi) is 5.47. The summed E-state index contributed by atoms with van der Waals surface area (Å²) >= 11 is 5.92. The van der Waals surface area contributed by atoms with Gasteiger partial charge in [0.05, 0.1) is 19.0 Å². The quantitative estimate of drug-likeness (QED) is 0.401. The van der Waals surface area contributed by atoms with Gasteiger partial charge in [0.2, 0.25) is 0 Å². The molecule has 3 aromatic heterocycles. The molecule has 5 rings (SSSR count). The smallest absolute Gasteiger partial charge is 0.276 e. The number of nitrogen functional groups attached to an aromatic ring is 1. The van der Waals surface area contributed by atoms with Gasteiger partial charge in [-0.25, -0.2) is 14.5 Å². The number of imidazole rings is 1. The molecule has 1 amide bonds. The zero-order chi connectivity index (χ0) is 22.9. The van der Waals surface area contributed by atoms with Gasteiger partial charge in [0.15, 0.2) is 11.3 Å². The summed E-state index contributed by atoms with van der Waals surface area (Å²) in [6.07, 6.45) is 5.19. The zero-order valence-corrected chi connectivity index (χ0v) is 18.7. The van der Waals surface area contributed by atoms with Crippen LogP contribution < -0.4 is 20.7 Å². The van der Waals surface area contributed by atoms with Crippen molar-refractivity contribution >= 4 is 40.3 Å². The molecule has 3 N–H and O–H groups in total. The molecule has 1 fully saturated rings. The van der Waals surface area contributed by atoms with Gasteiger partial charge in [-0.2, -0.15) is 0 Å². The van der Waals surface area contributed by atoms with E-state index in [2.05, 4.69) is 25.3 Å². The number of nitrogens with zero attached hydrogens (tertiary/aromatic N) is 5. The summed E-state index contributed by atoms with van der Waals surface area (Å²) in [5.41, 5.74) is 9.50. The molecule has 0 bridgehead atoms. The van der Waals surface area contributed by atoms with Crippen molar-refractivity contribution in [2.45, 2.75) is 25.4 Å². The highest BCUT2D eigenvalue weighted by atomic mass is 35.5. The summed E-state index contributed by atoms with van der Waals surface area (Å²) in [7, 11) is 1.65. The SMILES string of the molecule is COc1ccc(CN(c2cc(N)nn3c(C(=O)Nc4ccnc(Cl)c4)cnc23)C2CC2)cc1. The van der Waals surface area contributed by atoms with Crippen molar-refractivity contribution in [3.8, 4) is 5.75 Å². The van der Waals surface area contributed by atoms with E-state index < -0.39 is 0 Å². The Balaban J connectivity index is 1.49. The molecule has 1 aliphatic carbocycles. The third kappa shape index (κ3) is 4.40. The summed E-state index contributed by atoms with van der Waals surface area (Å²) in [5, 5.41) is 7.44. The van der Waals surface area contributed by atoms with Crippen molar-refractivity contribution in [3.63, 3.8) is 0 Å². The molecule has 168 valence electrons. The molecule has 1 aromatic carbocycles. The first kappa shape index (κ1) is 21.0. The molecule has 9 nitrogen and oxygen atoms in total. The van der Waals surface area contributed by atoms with Crippen LogP contribution in [0.25, 0.3) is 5.65 Å². The topological polar surface area (TPSA) is 111 Å². The van der Waals surface area contributed by atoms with E-state index in [1.165, 1.54) is 16.9 Å². The third-order valence-electron chi connectivity index (χ3n) is 5.49. The number of rotatable bonds is 7. The second-order valence-electron chi connectivity index (χ2n) is 7.86. The van der Waals surface area contributed by atoms with E-state index in [9.17, 15) is 4.79 Å². The van der Waals surface area contributed by atoms with Gasteiger partial charge < -0.3 is 20.7 Å². The Morgan fingerprint density at radius 2 is 2.03 bits per heavy atom. The summed E-state index contributed by atoms with van der Waals surface area (Å²) in [6, 6.07) is 13.4. The van der Waals surface area contributed by atoms with Crippen LogP contribution in [0, 0.1) is 0 Å². The third-order valence-corrected chi connectivity index (χ3v) is 5.70. The van der Waals surface area contributed by atoms with E-state index in [-0.39, 0.29) is 16.8 Å². The molecule has 3 heterocycles. The molecule has 0 radical (unpaired) electrons. The molecular weight excluding hydrogens is 442 g/mol. The number of carbonyl (C=O) groups is 1. The Bertz CT molecular complexity index is 1320. The van der Waals surface area contributed by atoms with Gasteiger partial charge in [-0.1, -0.05) is 23.7 Å². The maximum Gasteiger partial charge on any atom is 0.276 e. The number of aromatic nitrogens is 4. The fraction of sp³-hybridized carbons (Fsp3) is 0.217. The maximum absolute atomic E-state index is 12.9. The molecule has 10 heteroatoms. The van der Waals surface area contributed by atoms with Crippen LogP contribution in [0.5, 0.6) is 5.75 Å². The van der Waals surface area contributed by atoms with Crippen LogP contribution in [-0.2, 0) is 6.54 Å². The van der Waals surface area contributed by atoms with E-state index in [1.54, 1.807) is 19.2 Å². The van der Waals surface area contributed by atoms with Gasteiger partial charge in [-0.3, -0.25) is 4.79 Å². The average Bonchev–Trinajstić information content (AvgIpc) is 3.56. The van der Waals surface area contributed by atoms with Gasteiger partial charge in [-0.15, -0.1) is 5.10 Å². The first-order valence-electron chi connectivity index (χ1n) is 10.5. The maximum atomic E-state index is 12.9. The first-order chi connectivity index (χ1) is 16.0. The monoisotopic (exact) mass is 463 g/mol. The highest BCUT2D eigenvalue weighted by Gasteiger charge is 2.32. The number of ether oxygens (including phenoxy) is 1. The van der Waals surface area contributed by atoms with Crippen LogP contribution >= 0.6 is 11.6 Å². The number of hydrogen-bond acceptors (Lipinski definition) is 7. The molecule has 0 spiro atoms. The minimum Gasteiger partial charge on any atom is -0.497 e. The van der Waals surface area contributed by atoms with Crippen LogP contribution in [0.4, 0.5) is 17.2 Å². The number of methoxy groups -OCH3 is 1. The molecule has 33 heavy (non-hydrogen) atoms. The van der Waals surface area contributed by atoms with Crippen molar-refractivity contribution in [3.05, 3.63) is 71.3 Å². The lowest BCUT2D eigenvalue weighted by molar-refractivity contribution is 0.102. The number of benzene rings is 1. The van der Waals surface area contributed by atoms with Gasteiger partial charge in [0.25, 0.3) is 5.91 Å². The van der Waals surface area contributed by atoms with E-state index in [0.717, 1.165) is 29.8 Å². The fourth-order valence-electron chi connectivity index (χ4n) is 3.74. The number of fused-ring (bicyclic) bond motifs is 1. The number of nitrogens with two attached hydrogens (primary N) is 1. The lowest BCUT2D eigenvalue weighted by atomic mass is 10.2. The largest absolute Gasteiger partial charge is 0.497 e. The zero-order valence-electron chi connectivity index (χ0n) is 17.9. The summed E-state index contributed by atoms with van der Waals surface area (Å²) in [6.45, 7) is 0.678. The van der Waals surface area contributed by atoms with Crippen molar-refractivity contribution in [1.82, 2.24) is 19.6 Å². The number of anilines is 3. The second kappa shape index (κ2) is 8.59. The molecule has 0 atom stereocenters. The Morgan fingerprint density at radius 1 is 1.24 bits per heavy atom. The minimum atomic E-state index is -0.373. The summed E-state index contributed by atoms with van der Waals surface area (Å²) < 4.78 is 6.76. The number of hydrogen-bond donors (Lipinski definition) is 2. The van der Waals surface area contributed by atoms with Crippen molar-refractivity contribution in [2.24, 2.45) is 0 Å². The van der Waals surface area contributed by atoms with Crippen LogP contribution in [0.3, 0.4) is 0 Å². The molecule has 1 aliphatic rings. The molecule has 0 unspecified atom stereocenters. The van der Waals surface area contributed by atoms with E-state index in [0.29, 0.717) is 29.7 Å². The summed E-state index contributed by atoms with van der Waals surface area (Å²) in [4.78, 5) is 23.7. The normalized spacial score (nSPS) is 13.2. The molecule has 1 saturated carbocycles. The van der Waals surface area contributed by atoms with Crippen LogP contribution in [0.1, 0.15) is 28.9 Å². The van der Waals surface area contributed by atoms with Crippen molar-refractivity contribution in [1.29, 1.82) is 0 Å². The molecule has 0 aliphatic heterocycles. The fourth-order valence-corrected chi connectivity index (χ4v) is 3.91. The van der Waals surface area contributed by atoms with Crippen LogP contribution in [-0.4, -0.2) is 38.6 Å². The Hall–Kier alpha value is -3.85. The lowest BCUT2D eigenvalue weighted by Gasteiger charge is -2.25. The number of pyridine rings is 1. The highest BCUT2D eigenvalue weighted by Crippen LogP contribution is 2.36. The predicted octanol–water partition coefficient (Wildman–Crippen LogP) is 3.79. The van der Waals surface area contributed by atoms with E-state index in [4.69, 9.17) is 22.1 Å². The number of nitrogens with one attached hydrogen (secondary N) is 1. The van der Waals surface area contributed by atoms with Gasteiger partial charge in [0.1, 0.15) is 16.7 Å². The van der Waals surface area contributed by atoms with Crippen LogP contribution in [0.2, 0.25) is 5.15 Å². The second-order valence-corrected chi connectivity index (χ2v) is 8.25. The van der Waals surface area contributed by atoms with Gasteiger partial charge in [0, 0.05) is 30.5 Å². The van der Waals surface area contributed by atoms with E-state index in [1.807, 2.05) is 30.3 Å². The summed E-state index contributed by atoms with van der Waals surface area (Å²) in [5.74, 6) is 0.741. The first-order valence-corrected chi connectivity index (χ1v) is 10.9. The molecule has 0 saturated heterocycles. The lowest BCUT2D eigenvalue weighted by Crippen LogP contribution is -2.26. The molecule has 4 aromatic rings. The highest BCUT2D eigenvalue weighted by molar-refractivity contribution is 6.29. The average molecular weight is 464 g/mol. The Morgan fingerprint density at radius 3 is 2.73 bits per heavy atom. The van der Waals surface area contributed by atoms with Crippen LogP contribution in [0.15, 0.2) is 54.9 Å². The van der Waals surface area contributed by atoms with E-state index >= 15 is 0 Å². The standard InChI is InChI=1S/C23H22ClN7O2/c1-33-17-6-2-14(3-7-17)13-30(16-4-5-16)18-11-21(25)29-31-19(12-27-22(18)31)23(32)28-15-8-9-26-20(24)10-15/h2-3,6-12,16H,4-5,13H2,1H3,(H2,25,29)(H,26,28,32). The van der Waals surface area contributed by atoms with Crippen molar-refractivity contribution < 1.29 is 9.53 Å². The van der Waals surface area contributed by atoms with Crippen molar-refractivity contribution in [2.75, 3.05) is 23.1 Å². The molecular formula is C23H22ClN7O2.